The average molecular weight is 327 g/mol. The van der Waals surface area contributed by atoms with Crippen LogP contribution in [-0.4, -0.2) is 27.3 Å². The van der Waals surface area contributed by atoms with Crippen LogP contribution in [0.25, 0.3) is 0 Å². The highest BCUT2D eigenvalue weighted by Crippen LogP contribution is 2.49. The summed E-state index contributed by atoms with van der Waals surface area (Å²) in [5.74, 6) is 0.814. The molecule has 0 aromatic carbocycles. The van der Waals surface area contributed by atoms with Gasteiger partial charge in [0.25, 0.3) is 0 Å². The number of aryl methyl sites for hydroxylation is 1. The van der Waals surface area contributed by atoms with E-state index in [0.717, 1.165) is 36.5 Å². The second-order valence-electron chi connectivity index (χ2n) is 6.61. The van der Waals surface area contributed by atoms with Crippen LogP contribution in [0.4, 0.5) is 0 Å². The van der Waals surface area contributed by atoms with Crippen LogP contribution < -0.4 is 0 Å². The molecule has 120 valence electrons. The van der Waals surface area contributed by atoms with Gasteiger partial charge in [0.1, 0.15) is 5.01 Å². The van der Waals surface area contributed by atoms with Crippen molar-refractivity contribution in [1.29, 1.82) is 0 Å². The van der Waals surface area contributed by atoms with Crippen molar-refractivity contribution in [1.82, 2.24) is 14.9 Å². The molecule has 1 aliphatic carbocycles. The molecule has 2 aromatic heterocycles. The van der Waals surface area contributed by atoms with Crippen molar-refractivity contribution in [3.8, 4) is 0 Å². The summed E-state index contributed by atoms with van der Waals surface area (Å²) < 4.78 is 0. The van der Waals surface area contributed by atoms with Gasteiger partial charge in [0.2, 0.25) is 5.91 Å². The number of amides is 1. The lowest BCUT2D eigenvalue weighted by molar-refractivity contribution is -0.136. The van der Waals surface area contributed by atoms with E-state index in [4.69, 9.17) is 0 Å². The number of rotatable bonds is 3. The van der Waals surface area contributed by atoms with Crippen LogP contribution in [-0.2, 0) is 4.79 Å². The fraction of sp³-hybridized carbons (Fsp3) is 0.500. The molecule has 0 bridgehead atoms. The molecule has 23 heavy (non-hydrogen) atoms. The number of piperidine rings is 1. The van der Waals surface area contributed by atoms with Gasteiger partial charge in [-0.2, -0.15) is 0 Å². The fourth-order valence-corrected chi connectivity index (χ4v) is 4.56. The minimum Gasteiger partial charge on any atom is -0.333 e. The SMILES string of the molecule is Cc1csc([C@@H]2CCCCN2C(=O)[C@H]2C[C@H]2c2cccnc2)n1. The molecule has 2 aromatic rings. The number of pyridine rings is 1. The van der Waals surface area contributed by atoms with Crippen LogP contribution in [0.2, 0.25) is 0 Å². The van der Waals surface area contributed by atoms with Crippen molar-refractivity contribution in [3.05, 3.63) is 46.2 Å². The van der Waals surface area contributed by atoms with Crippen LogP contribution in [0, 0.1) is 12.8 Å². The summed E-state index contributed by atoms with van der Waals surface area (Å²) in [5, 5.41) is 3.19. The monoisotopic (exact) mass is 327 g/mol. The Kier molecular flexibility index (Phi) is 3.89. The largest absolute Gasteiger partial charge is 0.333 e. The molecule has 0 unspecified atom stereocenters. The molecule has 2 fully saturated rings. The molecular weight excluding hydrogens is 306 g/mol. The van der Waals surface area contributed by atoms with Crippen LogP contribution in [0.5, 0.6) is 0 Å². The summed E-state index contributed by atoms with van der Waals surface area (Å²) in [6, 6.07) is 4.23. The first-order valence-corrected chi connectivity index (χ1v) is 9.24. The Morgan fingerprint density at radius 3 is 3.04 bits per heavy atom. The van der Waals surface area contributed by atoms with Crippen molar-refractivity contribution in [2.45, 2.75) is 44.6 Å². The first-order valence-electron chi connectivity index (χ1n) is 8.36. The maximum atomic E-state index is 13.0. The van der Waals surface area contributed by atoms with E-state index in [1.807, 2.05) is 19.2 Å². The standard InChI is InChI=1S/C18H21N3OS/c1-12-11-23-17(20-12)16-6-2-3-8-21(16)18(22)15-9-14(15)13-5-4-7-19-10-13/h4-5,7,10-11,14-16H,2-3,6,8-9H2,1H3/t14-,15-,16-/m0/s1. The number of carbonyl (C=O) groups excluding carboxylic acids is 1. The molecule has 0 radical (unpaired) electrons. The maximum Gasteiger partial charge on any atom is 0.226 e. The number of likely N-dealkylation sites (tertiary alicyclic amines) is 1. The first kappa shape index (κ1) is 14.8. The Morgan fingerprint density at radius 2 is 2.30 bits per heavy atom. The third kappa shape index (κ3) is 2.90. The van der Waals surface area contributed by atoms with Gasteiger partial charge in [0, 0.05) is 35.9 Å². The summed E-state index contributed by atoms with van der Waals surface area (Å²) in [6.45, 7) is 2.90. The third-order valence-electron chi connectivity index (χ3n) is 4.93. The summed E-state index contributed by atoms with van der Waals surface area (Å²) in [4.78, 5) is 23.9. The van der Waals surface area contributed by atoms with Crippen LogP contribution in [0.1, 0.15) is 53.9 Å². The molecule has 3 atom stereocenters. The predicted octanol–water partition coefficient (Wildman–Crippen LogP) is 3.70. The van der Waals surface area contributed by atoms with Gasteiger partial charge in [0.15, 0.2) is 0 Å². The third-order valence-corrected chi connectivity index (χ3v) is 5.99. The average Bonchev–Trinajstić information content (AvgIpc) is 3.29. The molecule has 4 nitrogen and oxygen atoms in total. The Bertz CT molecular complexity index is 699. The van der Waals surface area contributed by atoms with E-state index in [0.29, 0.717) is 11.8 Å². The van der Waals surface area contributed by atoms with Crippen molar-refractivity contribution in [2.24, 2.45) is 5.92 Å². The molecule has 5 heteroatoms. The molecule has 1 amide bonds. The van der Waals surface area contributed by atoms with Gasteiger partial charge >= 0.3 is 0 Å². The lowest BCUT2D eigenvalue weighted by Crippen LogP contribution is -2.39. The van der Waals surface area contributed by atoms with Crippen molar-refractivity contribution in [3.63, 3.8) is 0 Å². The molecule has 1 aliphatic heterocycles. The van der Waals surface area contributed by atoms with Crippen LogP contribution in [0.3, 0.4) is 0 Å². The number of carbonyl (C=O) groups is 1. The molecular formula is C18H21N3OS. The summed E-state index contributed by atoms with van der Waals surface area (Å²) in [6.07, 6.45) is 7.98. The molecule has 1 saturated carbocycles. The van der Waals surface area contributed by atoms with Crippen LogP contribution in [0.15, 0.2) is 29.9 Å². The van der Waals surface area contributed by atoms with E-state index in [1.54, 1.807) is 17.5 Å². The number of hydrogen-bond acceptors (Lipinski definition) is 4. The van der Waals surface area contributed by atoms with E-state index in [9.17, 15) is 4.79 Å². The maximum absolute atomic E-state index is 13.0. The van der Waals surface area contributed by atoms with E-state index in [2.05, 4.69) is 26.3 Å². The second-order valence-corrected chi connectivity index (χ2v) is 7.50. The molecule has 2 aliphatic rings. The minimum atomic E-state index is 0.140. The highest BCUT2D eigenvalue weighted by atomic mass is 32.1. The molecule has 3 heterocycles. The minimum absolute atomic E-state index is 0.140. The zero-order chi connectivity index (χ0) is 15.8. The molecule has 0 spiro atoms. The second kappa shape index (κ2) is 6.04. The lowest BCUT2D eigenvalue weighted by atomic mass is 10.0. The number of nitrogens with zero attached hydrogens (tertiary/aromatic N) is 3. The summed E-state index contributed by atoms with van der Waals surface area (Å²) in [5.41, 5.74) is 2.26. The predicted molar refractivity (Wildman–Crippen MR) is 90.2 cm³/mol. The molecule has 1 saturated heterocycles. The van der Waals surface area contributed by atoms with Crippen molar-refractivity contribution < 1.29 is 4.79 Å². The van der Waals surface area contributed by atoms with Gasteiger partial charge in [-0.3, -0.25) is 9.78 Å². The lowest BCUT2D eigenvalue weighted by Gasteiger charge is -2.35. The normalized spacial score (nSPS) is 27.0. The highest BCUT2D eigenvalue weighted by Gasteiger charge is 2.47. The van der Waals surface area contributed by atoms with Crippen LogP contribution >= 0.6 is 11.3 Å². The van der Waals surface area contributed by atoms with Gasteiger partial charge in [-0.15, -0.1) is 11.3 Å². The Morgan fingerprint density at radius 1 is 1.39 bits per heavy atom. The van der Waals surface area contributed by atoms with Gasteiger partial charge < -0.3 is 4.90 Å². The van der Waals surface area contributed by atoms with E-state index < -0.39 is 0 Å². The van der Waals surface area contributed by atoms with Crippen molar-refractivity contribution >= 4 is 17.2 Å². The quantitative estimate of drug-likeness (QED) is 0.863. The van der Waals surface area contributed by atoms with Gasteiger partial charge in [-0.1, -0.05) is 6.07 Å². The Balaban J connectivity index is 1.51. The number of thiazole rings is 1. The Hall–Kier alpha value is -1.75. The molecule has 0 N–H and O–H groups in total. The van der Waals surface area contributed by atoms with E-state index in [1.165, 1.54) is 12.0 Å². The number of hydrogen-bond donors (Lipinski definition) is 0. The fourth-order valence-electron chi connectivity index (χ4n) is 3.62. The van der Waals surface area contributed by atoms with E-state index in [-0.39, 0.29) is 12.0 Å². The smallest absolute Gasteiger partial charge is 0.226 e. The Labute approximate surface area is 140 Å². The number of aromatic nitrogens is 2. The zero-order valence-corrected chi connectivity index (χ0v) is 14.1. The molecule has 4 rings (SSSR count). The van der Waals surface area contributed by atoms with Crippen molar-refractivity contribution in [2.75, 3.05) is 6.54 Å². The zero-order valence-electron chi connectivity index (χ0n) is 13.3. The highest BCUT2D eigenvalue weighted by molar-refractivity contribution is 7.09. The van der Waals surface area contributed by atoms with Gasteiger partial charge in [-0.25, -0.2) is 4.98 Å². The first-order chi connectivity index (χ1) is 11.2. The summed E-state index contributed by atoms with van der Waals surface area (Å²) >= 11 is 1.69. The van der Waals surface area contributed by atoms with Gasteiger partial charge in [-0.05, 0) is 50.2 Å². The summed E-state index contributed by atoms with van der Waals surface area (Å²) in [7, 11) is 0. The topological polar surface area (TPSA) is 46.1 Å². The van der Waals surface area contributed by atoms with Gasteiger partial charge in [0.05, 0.1) is 6.04 Å². The van der Waals surface area contributed by atoms with E-state index >= 15 is 0 Å².